The van der Waals surface area contributed by atoms with Crippen molar-refractivity contribution in [3.8, 4) is 11.4 Å². The molecule has 88 valence electrons. The van der Waals surface area contributed by atoms with Gasteiger partial charge in [0.1, 0.15) is 5.75 Å². The molecule has 0 amide bonds. The lowest BCUT2D eigenvalue weighted by Crippen LogP contribution is -2.03. The second kappa shape index (κ2) is 4.69. The second-order valence-electron chi connectivity index (χ2n) is 3.34. The monoisotopic (exact) mass is 232 g/mol. The lowest BCUT2D eigenvalue weighted by atomic mass is 10.3. The lowest BCUT2D eigenvalue weighted by Gasteiger charge is -2.03. The summed E-state index contributed by atoms with van der Waals surface area (Å²) in [7, 11) is 2.94. The van der Waals surface area contributed by atoms with Crippen LogP contribution in [0.5, 0.6) is 5.75 Å². The molecule has 17 heavy (non-hydrogen) atoms. The van der Waals surface area contributed by atoms with Gasteiger partial charge in [-0.15, -0.1) is 0 Å². The fourth-order valence-corrected chi connectivity index (χ4v) is 1.42. The van der Waals surface area contributed by atoms with Crippen LogP contribution in [0.1, 0.15) is 10.5 Å². The third-order valence-corrected chi connectivity index (χ3v) is 2.32. The molecule has 0 fully saturated rings. The molecule has 1 aromatic heterocycles. The van der Waals surface area contributed by atoms with Gasteiger partial charge in [0.15, 0.2) is 5.69 Å². The van der Waals surface area contributed by atoms with E-state index in [1.807, 2.05) is 24.3 Å². The van der Waals surface area contributed by atoms with Crippen molar-refractivity contribution < 1.29 is 14.3 Å². The van der Waals surface area contributed by atoms with Crippen LogP contribution in [-0.4, -0.2) is 30.0 Å². The first-order chi connectivity index (χ1) is 8.24. The average molecular weight is 232 g/mol. The van der Waals surface area contributed by atoms with Crippen molar-refractivity contribution >= 4 is 5.97 Å². The largest absolute Gasteiger partial charge is 0.497 e. The Kier molecular flexibility index (Phi) is 3.09. The Morgan fingerprint density at radius 3 is 2.47 bits per heavy atom. The van der Waals surface area contributed by atoms with Crippen LogP contribution in [0.25, 0.3) is 5.69 Å². The number of esters is 1. The zero-order valence-electron chi connectivity index (χ0n) is 9.58. The molecule has 0 aliphatic carbocycles. The first kappa shape index (κ1) is 11.2. The Morgan fingerprint density at radius 1 is 1.18 bits per heavy atom. The maximum Gasteiger partial charge on any atom is 0.358 e. The van der Waals surface area contributed by atoms with E-state index in [0.29, 0.717) is 0 Å². The quantitative estimate of drug-likeness (QED) is 0.755. The number of rotatable bonds is 3. The van der Waals surface area contributed by atoms with Gasteiger partial charge in [0.05, 0.1) is 19.9 Å². The minimum absolute atomic E-state index is 0.281. The highest BCUT2D eigenvalue weighted by Crippen LogP contribution is 2.14. The summed E-state index contributed by atoms with van der Waals surface area (Å²) in [6, 6.07) is 8.97. The average Bonchev–Trinajstić information content (AvgIpc) is 2.87. The molecule has 0 N–H and O–H groups in total. The number of carbonyl (C=O) groups is 1. The molecule has 5 heteroatoms. The molecular formula is C12H12N2O3. The molecule has 0 radical (unpaired) electrons. The third-order valence-electron chi connectivity index (χ3n) is 2.32. The standard InChI is InChI=1S/C12H12N2O3/c1-16-10-5-3-9(4-6-10)14-8-7-11(13-14)12(15)17-2/h3-8H,1-2H3. The number of benzene rings is 1. The smallest absolute Gasteiger partial charge is 0.358 e. The van der Waals surface area contributed by atoms with Crippen LogP contribution in [-0.2, 0) is 4.74 Å². The molecule has 2 aromatic rings. The van der Waals surface area contributed by atoms with Gasteiger partial charge < -0.3 is 9.47 Å². The summed E-state index contributed by atoms with van der Waals surface area (Å²) >= 11 is 0. The molecule has 0 bridgehead atoms. The lowest BCUT2D eigenvalue weighted by molar-refractivity contribution is 0.0593. The summed E-state index contributed by atoms with van der Waals surface area (Å²) in [6.45, 7) is 0. The van der Waals surface area contributed by atoms with Crippen LogP contribution < -0.4 is 4.74 Å². The van der Waals surface area contributed by atoms with Crippen molar-refractivity contribution in [3.63, 3.8) is 0 Å². The summed E-state index contributed by atoms with van der Waals surface area (Å²) < 4.78 is 11.3. The molecule has 0 atom stereocenters. The minimum Gasteiger partial charge on any atom is -0.497 e. The number of hydrogen-bond donors (Lipinski definition) is 0. The van der Waals surface area contributed by atoms with E-state index in [1.54, 1.807) is 24.1 Å². The van der Waals surface area contributed by atoms with E-state index < -0.39 is 5.97 Å². The third kappa shape index (κ3) is 2.28. The molecule has 1 heterocycles. The van der Waals surface area contributed by atoms with Crippen molar-refractivity contribution in [1.82, 2.24) is 9.78 Å². The topological polar surface area (TPSA) is 53.4 Å². The van der Waals surface area contributed by atoms with Gasteiger partial charge in [0.25, 0.3) is 0 Å². The highest BCUT2D eigenvalue weighted by molar-refractivity contribution is 5.86. The molecule has 0 spiro atoms. The normalized spacial score (nSPS) is 10.0. The van der Waals surface area contributed by atoms with Crippen molar-refractivity contribution in [2.75, 3.05) is 14.2 Å². The number of ether oxygens (including phenoxy) is 2. The van der Waals surface area contributed by atoms with E-state index in [2.05, 4.69) is 9.84 Å². The number of aromatic nitrogens is 2. The van der Waals surface area contributed by atoms with E-state index in [0.717, 1.165) is 11.4 Å². The molecular weight excluding hydrogens is 220 g/mol. The number of nitrogens with zero attached hydrogens (tertiary/aromatic N) is 2. The summed E-state index contributed by atoms with van der Waals surface area (Å²) in [5, 5.41) is 4.11. The number of hydrogen-bond acceptors (Lipinski definition) is 4. The van der Waals surface area contributed by atoms with Crippen molar-refractivity contribution in [2.24, 2.45) is 0 Å². The van der Waals surface area contributed by atoms with Crippen molar-refractivity contribution in [1.29, 1.82) is 0 Å². The van der Waals surface area contributed by atoms with Crippen LogP contribution in [0.4, 0.5) is 0 Å². The van der Waals surface area contributed by atoms with Gasteiger partial charge in [-0.3, -0.25) is 0 Å². The molecule has 5 nitrogen and oxygen atoms in total. The first-order valence-corrected chi connectivity index (χ1v) is 5.03. The Hall–Kier alpha value is -2.30. The zero-order chi connectivity index (χ0) is 12.3. The van der Waals surface area contributed by atoms with Crippen LogP contribution in [0.15, 0.2) is 36.5 Å². The Morgan fingerprint density at radius 2 is 1.88 bits per heavy atom. The van der Waals surface area contributed by atoms with Crippen LogP contribution in [0, 0.1) is 0 Å². The van der Waals surface area contributed by atoms with E-state index in [-0.39, 0.29) is 5.69 Å². The first-order valence-electron chi connectivity index (χ1n) is 5.03. The Balaban J connectivity index is 2.27. The summed E-state index contributed by atoms with van der Waals surface area (Å²) in [5.74, 6) is 0.325. The maximum atomic E-state index is 11.2. The molecule has 0 unspecified atom stereocenters. The fraction of sp³-hybridized carbons (Fsp3) is 0.167. The zero-order valence-corrected chi connectivity index (χ0v) is 9.58. The minimum atomic E-state index is -0.447. The summed E-state index contributed by atoms with van der Waals surface area (Å²) in [4.78, 5) is 11.2. The second-order valence-corrected chi connectivity index (χ2v) is 3.34. The van der Waals surface area contributed by atoms with Crippen LogP contribution in [0.3, 0.4) is 0 Å². The highest BCUT2D eigenvalue weighted by atomic mass is 16.5. The van der Waals surface area contributed by atoms with E-state index in [1.165, 1.54) is 7.11 Å². The number of carbonyl (C=O) groups excluding carboxylic acids is 1. The molecule has 0 saturated carbocycles. The van der Waals surface area contributed by atoms with E-state index in [9.17, 15) is 4.79 Å². The Labute approximate surface area is 98.6 Å². The van der Waals surface area contributed by atoms with Crippen molar-refractivity contribution in [3.05, 3.63) is 42.2 Å². The van der Waals surface area contributed by atoms with Gasteiger partial charge in [-0.05, 0) is 30.3 Å². The predicted octanol–water partition coefficient (Wildman–Crippen LogP) is 1.67. The summed E-state index contributed by atoms with van der Waals surface area (Å²) in [6.07, 6.45) is 1.70. The molecule has 2 rings (SSSR count). The SMILES string of the molecule is COC(=O)c1ccn(-c2ccc(OC)cc2)n1. The van der Waals surface area contributed by atoms with Gasteiger partial charge >= 0.3 is 5.97 Å². The number of methoxy groups -OCH3 is 2. The van der Waals surface area contributed by atoms with Gasteiger partial charge in [-0.1, -0.05) is 0 Å². The van der Waals surface area contributed by atoms with E-state index in [4.69, 9.17) is 4.74 Å². The van der Waals surface area contributed by atoms with Crippen molar-refractivity contribution in [2.45, 2.75) is 0 Å². The van der Waals surface area contributed by atoms with Gasteiger partial charge in [0, 0.05) is 6.20 Å². The van der Waals surface area contributed by atoms with Crippen LogP contribution in [0.2, 0.25) is 0 Å². The van der Waals surface area contributed by atoms with Gasteiger partial charge in [-0.2, -0.15) is 5.10 Å². The fourth-order valence-electron chi connectivity index (χ4n) is 1.42. The molecule has 0 aliphatic rings. The molecule has 0 saturated heterocycles. The van der Waals surface area contributed by atoms with Gasteiger partial charge in [-0.25, -0.2) is 9.48 Å². The molecule has 0 aliphatic heterocycles. The Bertz CT molecular complexity index is 517. The highest BCUT2D eigenvalue weighted by Gasteiger charge is 2.09. The van der Waals surface area contributed by atoms with Crippen LogP contribution >= 0.6 is 0 Å². The maximum absolute atomic E-state index is 11.2. The van der Waals surface area contributed by atoms with Gasteiger partial charge in [0.2, 0.25) is 0 Å². The summed E-state index contributed by atoms with van der Waals surface area (Å²) in [5.41, 5.74) is 1.13. The van der Waals surface area contributed by atoms with E-state index >= 15 is 0 Å². The predicted molar refractivity (Wildman–Crippen MR) is 61.5 cm³/mol. The molecule has 1 aromatic carbocycles.